The minimum Gasteiger partial charge on any atom is -0.490 e. The Bertz CT molecular complexity index is 1080. The Morgan fingerprint density at radius 3 is 2.61 bits per heavy atom. The molecule has 0 spiro atoms. The third kappa shape index (κ3) is 5.48. The quantitative estimate of drug-likeness (QED) is 0.310. The normalized spacial score (nSPS) is 10.5. The number of amides is 1. The third-order valence-electron chi connectivity index (χ3n) is 4.16. The number of pyridine rings is 1. The molecule has 3 aromatic rings. The van der Waals surface area contributed by atoms with Crippen LogP contribution in [0.15, 0.2) is 48.8 Å². The molecule has 3 rings (SSSR count). The van der Waals surface area contributed by atoms with Gasteiger partial charge in [0, 0.05) is 30.4 Å². The van der Waals surface area contributed by atoms with E-state index in [9.17, 15) is 14.9 Å². The highest BCUT2D eigenvalue weighted by atomic mass is 16.6. The van der Waals surface area contributed by atoms with Crippen LogP contribution in [0.3, 0.4) is 0 Å². The van der Waals surface area contributed by atoms with Crippen molar-refractivity contribution < 1.29 is 23.9 Å². The summed E-state index contributed by atoms with van der Waals surface area (Å²) >= 11 is 0. The molecule has 0 aliphatic carbocycles. The number of nitro benzene ring substituents is 1. The van der Waals surface area contributed by atoms with Crippen molar-refractivity contribution in [2.45, 2.75) is 13.0 Å². The van der Waals surface area contributed by atoms with Gasteiger partial charge < -0.3 is 19.9 Å². The second-order valence-corrected chi connectivity index (χ2v) is 6.17. The van der Waals surface area contributed by atoms with Gasteiger partial charge in [-0.15, -0.1) is 0 Å². The fourth-order valence-electron chi connectivity index (χ4n) is 2.89. The van der Waals surface area contributed by atoms with E-state index in [2.05, 4.69) is 15.0 Å². The van der Waals surface area contributed by atoms with Gasteiger partial charge in [0.25, 0.3) is 0 Å². The van der Waals surface area contributed by atoms with Gasteiger partial charge in [0.15, 0.2) is 5.82 Å². The number of benzene rings is 1. The van der Waals surface area contributed by atoms with Crippen LogP contribution in [0, 0.1) is 10.1 Å². The molecule has 2 aromatic heterocycles. The number of rotatable bonds is 9. The van der Waals surface area contributed by atoms with E-state index in [1.807, 2.05) is 0 Å². The number of nitrogens with zero attached hydrogens (tertiary/aromatic N) is 4. The van der Waals surface area contributed by atoms with E-state index < -0.39 is 11.0 Å². The van der Waals surface area contributed by atoms with Crippen LogP contribution in [0.1, 0.15) is 11.3 Å². The molecule has 2 N–H and O–H groups in total. The highest BCUT2D eigenvalue weighted by Gasteiger charge is 2.25. The van der Waals surface area contributed by atoms with E-state index in [4.69, 9.17) is 19.9 Å². The number of carbonyl (C=O) groups is 1. The molecule has 11 nitrogen and oxygen atoms in total. The Morgan fingerprint density at radius 1 is 1.16 bits per heavy atom. The highest BCUT2D eigenvalue weighted by molar-refractivity contribution is 5.73. The molecule has 0 saturated carbocycles. The van der Waals surface area contributed by atoms with Crippen LogP contribution in [0.25, 0.3) is 11.4 Å². The number of nitrogens with two attached hydrogens (primary N) is 1. The predicted octanol–water partition coefficient (Wildman–Crippen LogP) is 2.67. The van der Waals surface area contributed by atoms with Gasteiger partial charge in [0.2, 0.25) is 11.6 Å². The van der Waals surface area contributed by atoms with Gasteiger partial charge in [0.05, 0.1) is 36.5 Å². The lowest BCUT2D eigenvalue weighted by atomic mass is 10.0. The summed E-state index contributed by atoms with van der Waals surface area (Å²) in [6.45, 7) is 0.310. The number of nitro groups is 1. The predicted molar refractivity (Wildman–Crippen MR) is 108 cm³/mol. The van der Waals surface area contributed by atoms with Crippen LogP contribution in [0.5, 0.6) is 11.6 Å². The standard InChI is InChI=1S/C20H19N5O6/c1-29-18-15(19-22-9-3-10-23-19)7-6-13(17(18)25(27)28)8-11-30-12-14-4-2-5-16(24-14)31-20(21)26/h2-7,9-10H,8,11-12H2,1H3,(H2,21,26). The molecule has 31 heavy (non-hydrogen) atoms. The van der Waals surface area contributed by atoms with Gasteiger partial charge in [-0.3, -0.25) is 10.1 Å². The van der Waals surface area contributed by atoms with E-state index in [-0.39, 0.29) is 37.0 Å². The molecular formula is C20H19N5O6. The Balaban J connectivity index is 1.72. The Kier molecular flexibility index (Phi) is 7.01. The molecule has 0 aliphatic rings. The van der Waals surface area contributed by atoms with Gasteiger partial charge in [-0.05, 0) is 18.2 Å². The Labute approximate surface area is 177 Å². The molecular weight excluding hydrogens is 406 g/mol. The molecule has 0 aliphatic heterocycles. The smallest absolute Gasteiger partial charge is 0.411 e. The summed E-state index contributed by atoms with van der Waals surface area (Å²) in [4.78, 5) is 34.4. The summed E-state index contributed by atoms with van der Waals surface area (Å²) in [5.74, 6) is 0.480. The van der Waals surface area contributed by atoms with Crippen molar-refractivity contribution in [1.29, 1.82) is 0 Å². The minimum absolute atomic E-state index is 0.0627. The van der Waals surface area contributed by atoms with Crippen LogP contribution in [0.2, 0.25) is 0 Å². The van der Waals surface area contributed by atoms with Crippen LogP contribution in [-0.2, 0) is 17.8 Å². The van der Waals surface area contributed by atoms with Crippen molar-refractivity contribution in [1.82, 2.24) is 15.0 Å². The van der Waals surface area contributed by atoms with E-state index in [0.29, 0.717) is 22.6 Å². The number of hydrogen-bond acceptors (Lipinski definition) is 9. The van der Waals surface area contributed by atoms with E-state index in [1.165, 1.54) is 13.2 Å². The van der Waals surface area contributed by atoms with Crippen LogP contribution >= 0.6 is 0 Å². The molecule has 0 saturated heterocycles. The zero-order valence-electron chi connectivity index (χ0n) is 16.6. The molecule has 11 heteroatoms. The topological polar surface area (TPSA) is 153 Å². The van der Waals surface area contributed by atoms with Gasteiger partial charge in [-0.1, -0.05) is 12.1 Å². The van der Waals surface area contributed by atoms with E-state index in [1.54, 1.807) is 42.7 Å². The molecule has 0 fully saturated rings. The van der Waals surface area contributed by atoms with Crippen molar-refractivity contribution in [2.24, 2.45) is 5.73 Å². The van der Waals surface area contributed by atoms with Gasteiger partial charge in [-0.25, -0.2) is 19.7 Å². The van der Waals surface area contributed by atoms with E-state index in [0.717, 1.165) is 0 Å². The maximum atomic E-state index is 11.7. The summed E-state index contributed by atoms with van der Waals surface area (Å²) in [6.07, 6.45) is 2.40. The molecule has 0 bridgehead atoms. The average Bonchev–Trinajstić information content (AvgIpc) is 2.76. The summed E-state index contributed by atoms with van der Waals surface area (Å²) in [7, 11) is 1.36. The molecule has 0 unspecified atom stereocenters. The fourth-order valence-corrected chi connectivity index (χ4v) is 2.89. The summed E-state index contributed by atoms with van der Waals surface area (Å²) in [5, 5.41) is 11.7. The van der Waals surface area contributed by atoms with Crippen molar-refractivity contribution in [3.05, 3.63) is 70.2 Å². The maximum absolute atomic E-state index is 11.7. The second kappa shape index (κ2) is 10.1. The first-order valence-corrected chi connectivity index (χ1v) is 9.12. The van der Waals surface area contributed by atoms with Crippen molar-refractivity contribution in [3.63, 3.8) is 0 Å². The zero-order chi connectivity index (χ0) is 22.2. The van der Waals surface area contributed by atoms with Gasteiger partial charge >= 0.3 is 11.8 Å². The summed E-state index contributed by atoms with van der Waals surface area (Å²) in [5.41, 5.74) is 6.19. The minimum atomic E-state index is -0.962. The molecule has 0 atom stereocenters. The first kappa shape index (κ1) is 21.6. The number of primary amides is 1. The third-order valence-corrected chi connectivity index (χ3v) is 4.16. The van der Waals surface area contributed by atoms with Crippen LogP contribution in [-0.4, -0.2) is 39.7 Å². The van der Waals surface area contributed by atoms with E-state index >= 15 is 0 Å². The number of carbonyl (C=O) groups excluding carboxylic acids is 1. The highest BCUT2D eigenvalue weighted by Crippen LogP contribution is 2.39. The maximum Gasteiger partial charge on any atom is 0.411 e. The number of aromatic nitrogens is 3. The molecule has 0 radical (unpaired) electrons. The first-order chi connectivity index (χ1) is 15.0. The lowest BCUT2D eigenvalue weighted by Crippen LogP contribution is -2.17. The van der Waals surface area contributed by atoms with Crippen LogP contribution < -0.4 is 15.2 Å². The van der Waals surface area contributed by atoms with Gasteiger partial charge in [-0.2, -0.15) is 0 Å². The molecule has 1 aromatic carbocycles. The van der Waals surface area contributed by atoms with Crippen molar-refractivity contribution in [3.8, 4) is 23.0 Å². The number of methoxy groups -OCH3 is 1. The monoisotopic (exact) mass is 425 g/mol. The average molecular weight is 425 g/mol. The molecule has 2 heterocycles. The number of ether oxygens (including phenoxy) is 3. The van der Waals surface area contributed by atoms with Crippen molar-refractivity contribution in [2.75, 3.05) is 13.7 Å². The molecule has 160 valence electrons. The zero-order valence-corrected chi connectivity index (χ0v) is 16.6. The lowest BCUT2D eigenvalue weighted by molar-refractivity contribution is -0.386. The fraction of sp³-hybridized carbons (Fsp3) is 0.200. The SMILES string of the molecule is COc1c(-c2ncccn2)ccc(CCOCc2cccc(OC(N)=O)n2)c1[N+](=O)[O-]. The van der Waals surface area contributed by atoms with Crippen LogP contribution in [0.4, 0.5) is 10.5 Å². The lowest BCUT2D eigenvalue weighted by Gasteiger charge is -2.11. The van der Waals surface area contributed by atoms with Crippen molar-refractivity contribution >= 4 is 11.8 Å². The Hall–Kier alpha value is -4.12. The largest absolute Gasteiger partial charge is 0.490 e. The summed E-state index contributed by atoms with van der Waals surface area (Å²) < 4.78 is 15.6. The van der Waals surface area contributed by atoms with Gasteiger partial charge in [0.1, 0.15) is 0 Å². The first-order valence-electron chi connectivity index (χ1n) is 9.12. The number of hydrogen-bond donors (Lipinski definition) is 1. The Morgan fingerprint density at radius 2 is 1.94 bits per heavy atom. The second-order valence-electron chi connectivity index (χ2n) is 6.17. The summed E-state index contributed by atoms with van der Waals surface area (Å²) in [6, 6.07) is 9.79. The molecule has 1 amide bonds.